The van der Waals surface area contributed by atoms with Crippen LogP contribution in [0.2, 0.25) is 0 Å². The highest BCUT2D eigenvalue weighted by Gasteiger charge is 2.21. The molecule has 1 atom stereocenters. The molecule has 0 aromatic carbocycles. The molecule has 1 heterocycles. The third kappa shape index (κ3) is 3.18. The van der Waals surface area contributed by atoms with Crippen molar-refractivity contribution in [2.45, 2.75) is 44.2 Å². The van der Waals surface area contributed by atoms with E-state index < -0.39 is 0 Å². The van der Waals surface area contributed by atoms with Gasteiger partial charge in [0, 0.05) is 12.6 Å². The Bertz CT molecular complexity index is 207. The molecule has 0 aromatic heterocycles. The summed E-state index contributed by atoms with van der Waals surface area (Å²) in [6.45, 7) is 1.60. The Kier molecular flexibility index (Phi) is 3.24. The smallest absolute Gasteiger partial charge is 0.188 e. The summed E-state index contributed by atoms with van der Waals surface area (Å²) in [4.78, 5) is 4.29. The van der Waals surface area contributed by atoms with Gasteiger partial charge in [0.05, 0.1) is 12.6 Å². The molecule has 3 N–H and O–H groups in total. The van der Waals surface area contributed by atoms with Crippen molar-refractivity contribution in [3.8, 4) is 0 Å². The van der Waals surface area contributed by atoms with E-state index in [1.165, 1.54) is 25.7 Å². The van der Waals surface area contributed by atoms with Crippen molar-refractivity contribution in [1.29, 1.82) is 0 Å². The maximum Gasteiger partial charge on any atom is 0.188 e. The first-order valence-corrected chi connectivity index (χ1v) is 5.52. The lowest BCUT2D eigenvalue weighted by Gasteiger charge is -2.20. The number of ether oxygens (including phenoxy) is 1. The van der Waals surface area contributed by atoms with Gasteiger partial charge in [0.1, 0.15) is 0 Å². The monoisotopic (exact) mass is 197 g/mol. The third-order valence-corrected chi connectivity index (χ3v) is 2.67. The molecule has 0 radical (unpaired) electrons. The number of nitrogens with two attached hydrogens (primary N) is 1. The number of hydrogen-bond acceptors (Lipinski definition) is 2. The van der Waals surface area contributed by atoms with Gasteiger partial charge in [-0.2, -0.15) is 0 Å². The molecule has 0 amide bonds. The van der Waals surface area contributed by atoms with Gasteiger partial charge in [-0.3, -0.25) is 4.99 Å². The molecule has 2 rings (SSSR count). The topological polar surface area (TPSA) is 59.6 Å². The average Bonchev–Trinajstić information content (AvgIpc) is 3.00. The van der Waals surface area contributed by atoms with Crippen LogP contribution in [0.4, 0.5) is 0 Å². The summed E-state index contributed by atoms with van der Waals surface area (Å²) < 4.78 is 5.56. The van der Waals surface area contributed by atoms with E-state index in [-0.39, 0.29) is 0 Å². The van der Waals surface area contributed by atoms with E-state index in [1.54, 1.807) is 0 Å². The van der Waals surface area contributed by atoms with E-state index in [0.29, 0.717) is 24.7 Å². The van der Waals surface area contributed by atoms with E-state index in [1.807, 2.05) is 0 Å². The number of rotatable bonds is 3. The minimum atomic E-state index is 0.295. The number of nitrogens with one attached hydrogen (secondary N) is 1. The predicted octanol–water partition coefficient (Wildman–Crippen LogP) is 0.622. The van der Waals surface area contributed by atoms with Crippen molar-refractivity contribution < 1.29 is 4.74 Å². The Balaban J connectivity index is 1.67. The average molecular weight is 197 g/mol. The molecule has 2 fully saturated rings. The van der Waals surface area contributed by atoms with E-state index in [0.717, 1.165) is 13.0 Å². The second-order valence-corrected chi connectivity index (χ2v) is 4.13. The van der Waals surface area contributed by atoms with E-state index in [2.05, 4.69) is 10.3 Å². The van der Waals surface area contributed by atoms with Gasteiger partial charge in [-0.05, 0) is 32.1 Å². The Morgan fingerprint density at radius 3 is 2.86 bits per heavy atom. The Morgan fingerprint density at radius 2 is 2.21 bits per heavy atom. The predicted molar refractivity (Wildman–Crippen MR) is 56.2 cm³/mol. The van der Waals surface area contributed by atoms with Gasteiger partial charge in [0.25, 0.3) is 0 Å². The number of guanidine groups is 1. The van der Waals surface area contributed by atoms with Gasteiger partial charge in [-0.1, -0.05) is 0 Å². The fraction of sp³-hybridized carbons (Fsp3) is 0.900. The summed E-state index contributed by atoms with van der Waals surface area (Å²) in [7, 11) is 0. The Morgan fingerprint density at radius 1 is 1.36 bits per heavy atom. The normalized spacial score (nSPS) is 28.9. The summed E-state index contributed by atoms with van der Waals surface area (Å²) in [5.41, 5.74) is 5.72. The van der Waals surface area contributed by atoms with E-state index in [9.17, 15) is 0 Å². The Labute approximate surface area is 84.9 Å². The standard InChI is InChI=1S/C10H19N3O/c11-10(13-8-4-5-8)12-7-9-3-1-2-6-14-9/h8-9H,1-7H2,(H3,11,12,13). The zero-order chi connectivity index (χ0) is 9.80. The van der Waals surface area contributed by atoms with E-state index in [4.69, 9.17) is 10.5 Å². The summed E-state index contributed by atoms with van der Waals surface area (Å²) in [6, 6.07) is 0.589. The van der Waals surface area contributed by atoms with Crippen LogP contribution in [0, 0.1) is 0 Å². The quantitative estimate of drug-likeness (QED) is 0.515. The van der Waals surface area contributed by atoms with Crippen molar-refractivity contribution in [3.63, 3.8) is 0 Å². The molecule has 1 saturated carbocycles. The van der Waals surface area contributed by atoms with Crippen molar-refractivity contribution in [3.05, 3.63) is 0 Å². The molecule has 1 saturated heterocycles. The molecule has 14 heavy (non-hydrogen) atoms. The van der Waals surface area contributed by atoms with Gasteiger partial charge in [-0.25, -0.2) is 0 Å². The van der Waals surface area contributed by atoms with Gasteiger partial charge in [-0.15, -0.1) is 0 Å². The lowest BCUT2D eigenvalue weighted by atomic mass is 10.1. The largest absolute Gasteiger partial charge is 0.376 e. The first-order valence-electron chi connectivity index (χ1n) is 5.52. The molecule has 4 heteroatoms. The molecular formula is C10H19N3O. The van der Waals surface area contributed by atoms with Crippen LogP contribution in [0.5, 0.6) is 0 Å². The van der Waals surface area contributed by atoms with Crippen LogP contribution >= 0.6 is 0 Å². The zero-order valence-electron chi connectivity index (χ0n) is 8.54. The molecule has 0 spiro atoms. The van der Waals surface area contributed by atoms with Crippen LogP contribution in [0.1, 0.15) is 32.1 Å². The highest BCUT2D eigenvalue weighted by Crippen LogP contribution is 2.18. The molecule has 1 aliphatic carbocycles. The van der Waals surface area contributed by atoms with Gasteiger partial charge in [0.2, 0.25) is 0 Å². The van der Waals surface area contributed by atoms with Crippen LogP contribution in [0.3, 0.4) is 0 Å². The molecule has 1 unspecified atom stereocenters. The number of nitrogens with zero attached hydrogens (tertiary/aromatic N) is 1. The maximum absolute atomic E-state index is 5.72. The highest BCUT2D eigenvalue weighted by atomic mass is 16.5. The second-order valence-electron chi connectivity index (χ2n) is 4.13. The summed E-state index contributed by atoms with van der Waals surface area (Å²) in [5.74, 6) is 0.585. The highest BCUT2D eigenvalue weighted by molar-refractivity contribution is 5.78. The van der Waals surface area contributed by atoms with Crippen molar-refractivity contribution >= 4 is 5.96 Å². The van der Waals surface area contributed by atoms with Crippen LogP contribution in [0.15, 0.2) is 4.99 Å². The van der Waals surface area contributed by atoms with Crippen LogP contribution in [0.25, 0.3) is 0 Å². The summed E-state index contributed by atoms with van der Waals surface area (Å²) in [5, 5.41) is 3.17. The van der Waals surface area contributed by atoms with Crippen LogP contribution in [-0.4, -0.2) is 31.3 Å². The lowest BCUT2D eigenvalue weighted by molar-refractivity contribution is 0.0224. The summed E-state index contributed by atoms with van der Waals surface area (Å²) >= 11 is 0. The fourth-order valence-corrected chi connectivity index (χ4v) is 1.63. The minimum Gasteiger partial charge on any atom is -0.376 e. The lowest BCUT2D eigenvalue weighted by Crippen LogP contribution is -2.34. The second kappa shape index (κ2) is 4.64. The van der Waals surface area contributed by atoms with Crippen molar-refractivity contribution in [1.82, 2.24) is 5.32 Å². The van der Waals surface area contributed by atoms with E-state index >= 15 is 0 Å². The van der Waals surface area contributed by atoms with Crippen molar-refractivity contribution in [2.24, 2.45) is 10.7 Å². The van der Waals surface area contributed by atoms with Crippen LogP contribution < -0.4 is 11.1 Å². The van der Waals surface area contributed by atoms with Gasteiger partial charge >= 0.3 is 0 Å². The first-order chi connectivity index (χ1) is 6.84. The minimum absolute atomic E-state index is 0.295. The third-order valence-electron chi connectivity index (χ3n) is 2.67. The molecule has 80 valence electrons. The maximum atomic E-state index is 5.72. The molecule has 0 bridgehead atoms. The first kappa shape index (κ1) is 9.77. The molecule has 0 aromatic rings. The van der Waals surface area contributed by atoms with Crippen LogP contribution in [-0.2, 0) is 4.74 Å². The zero-order valence-corrected chi connectivity index (χ0v) is 8.54. The van der Waals surface area contributed by atoms with Gasteiger partial charge in [0.15, 0.2) is 5.96 Å². The molecule has 4 nitrogen and oxygen atoms in total. The molecule has 2 aliphatic rings. The molecule has 1 aliphatic heterocycles. The molecular weight excluding hydrogens is 178 g/mol. The summed E-state index contributed by atoms with van der Waals surface area (Å²) in [6.07, 6.45) is 6.34. The Hall–Kier alpha value is -0.770. The van der Waals surface area contributed by atoms with Crippen molar-refractivity contribution in [2.75, 3.05) is 13.2 Å². The fourth-order valence-electron chi connectivity index (χ4n) is 1.63. The number of hydrogen-bond donors (Lipinski definition) is 2. The van der Waals surface area contributed by atoms with Gasteiger partial charge < -0.3 is 15.8 Å². The number of aliphatic imine (C=N–C) groups is 1. The SMILES string of the molecule is NC(=NCC1CCCCO1)NC1CC1.